The maximum Gasteiger partial charge on any atom is 0.340 e. The highest BCUT2D eigenvalue weighted by Crippen LogP contribution is 2.21. The Labute approximate surface area is 138 Å². The molecule has 2 rings (SSSR count). The molecule has 0 aromatic heterocycles. The van der Waals surface area contributed by atoms with E-state index in [1.165, 1.54) is 12.1 Å². The monoisotopic (exact) mass is 336 g/mol. The van der Waals surface area contributed by atoms with Crippen LogP contribution in [0.25, 0.3) is 0 Å². The summed E-state index contributed by atoms with van der Waals surface area (Å²) in [6.45, 7) is 3.39. The molecule has 0 saturated carbocycles. The zero-order valence-corrected chi connectivity index (χ0v) is 13.7. The Morgan fingerprint density at radius 2 is 1.73 bits per heavy atom. The molecule has 2 aromatic carbocycles. The van der Waals surface area contributed by atoms with Crippen molar-refractivity contribution < 1.29 is 14.3 Å². The SMILES string of the molecule is Cc1ccc(C)c(C(=O)COC(=O)c2cc(Cl)ccc2Cl)c1. The maximum atomic E-state index is 12.2. The number of hydrogen-bond acceptors (Lipinski definition) is 3. The van der Waals surface area contributed by atoms with E-state index in [1.54, 1.807) is 12.1 Å². The number of ether oxygens (including phenoxy) is 1. The fraction of sp³-hybridized carbons (Fsp3) is 0.176. The normalized spacial score (nSPS) is 10.4. The standard InChI is InChI=1S/C17H14Cl2O3/c1-10-3-4-11(2)13(7-10)16(20)9-22-17(21)14-8-12(18)5-6-15(14)19/h3-8H,9H2,1-2H3. The largest absolute Gasteiger partial charge is 0.454 e. The van der Waals surface area contributed by atoms with Gasteiger partial charge in [-0.05, 0) is 43.7 Å². The molecule has 0 N–H and O–H groups in total. The molecule has 5 heteroatoms. The lowest BCUT2D eigenvalue weighted by molar-refractivity contribution is 0.0474. The number of Topliss-reactive ketones (excluding diaryl/α,β-unsaturated/α-hetero) is 1. The number of carbonyl (C=O) groups is 2. The Bertz CT molecular complexity index is 675. The Kier molecular flexibility index (Phi) is 5.22. The van der Waals surface area contributed by atoms with Gasteiger partial charge in [-0.15, -0.1) is 0 Å². The van der Waals surface area contributed by atoms with Crippen LogP contribution in [0.1, 0.15) is 31.8 Å². The van der Waals surface area contributed by atoms with E-state index in [0.29, 0.717) is 10.6 Å². The van der Waals surface area contributed by atoms with E-state index in [9.17, 15) is 9.59 Å². The predicted molar refractivity (Wildman–Crippen MR) is 87.0 cm³/mol. The molecule has 0 aliphatic rings. The van der Waals surface area contributed by atoms with E-state index < -0.39 is 5.97 Å². The minimum absolute atomic E-state index is 0.142. The second-order valence-electron chi connectivity index (χ2n) is 4.94. The van der Waals surface area contributed by atoms with Gasteiger partial charge in [0.25, 0.3) is 0 Å². The summed E-state index contributed by atoms with van der Waals surface area (Å²) in [4.78, 5) is 24.2. The smallest absolute Gasteiger partial charge is 0.340 e. The van der Waals surface area contributed by atoms with Gasteiger partial charge in [-0.1, -0.05) is 40.9 Å². The van der Waals surface area contributed by atoms with E-state index in [2.05, 4.69) is 0 Å². The van der Waals surface area contributed by atoms with Gasteiger partial charge in [-0.2, -0.15) is 0 Å². The Morgan fingerprint density at radius 3 is 2.45 bits per heavy atom. The van der Waals surface area contributed by atoms with Gasteiger partial charge in [0.2, 0.25) is 5.78 Å². The predicted octanol–water partition coefficient (Wildman–Crippen LogP) is 4.65. The third-order valence-corrected chi connectivity index (χ3v) is 3.74. The molecule has 3 nitrogen and oxygen atoms in total. The van der Waals surface area contributed by atoms with Crippen LogP contribution < -0.4 is 0 Å². The van der Waals surface area contributed by atoms with Crippen LogP contribution in [0.3, 0.4) is 0 Å². The van der Waals surface area contributed by atoms with Crippen LogP contribution in [0, 0.1) is 13.8 Å². The van der Waals surface area contributed by atoms with Crippen molar-refractivity contribution in [2.75, 3.05) is 6.61 Å². The first-order valence-corrected chi connectivity index (χ1v) is 7.36. The van der Waals surface area contributed by atoms with Crippen LogP contribution in [0.2, 0.25) is 10.0 Å². The summed E-state index contributed by atoms with van der Waals surface area (Å²) in [5.41, 5.74) is 2.50. The van der Waals surface area contributed by atoms with E-state index in [-0.39, 0.29) is 23.0 Å². The number of rotatable bonds is 4. The molecule has 0 aliphatic heterocycles. The van der Waals surface area contributed by atoms with Crippen molar-refractivity contribution in [3.63, 3.8) is 0 Å². The summed E-state index contributed by atoms with van der Waals surface area (Å²) in [6.07, 6.45) is 0. The Balaban J connectivity index is 2.09. The first kappa shape index (κ1) is 16.5. The van der Waals surface area contributed by atoms with Gasteiger partial charge in [0.05, 0.1) is 10.6 Å². The van der Waals surface area contributed by atoms with E-state index in [4.69, 9.17) is 27.9 Å². The highest BCUT2D eigenvalue weighted by atomic mass is 35.5. The lowest BCUT2D eigenvalue weighted by atomic mass is 10.0. The summed E-state index contributed by atoms with van der Waals surface area (Å²) < 4.78 is 5.04. The van der Waals surface area contributed by atoms with E-state index >= 15 is 0 Å². The molecule has 0 spiro atoms. The molecular formula is C17H14Cl2O3. The number of carbonyl (C=O) groups excluding carboxylic acids is 2. The number of halogens is 2. The van der Waals surface area contributed by atoms with E-state index in [1.807, 2.05) is 26.0 Å². The maximum absolute atomic E-state index is 12.2. The molecule has 114 valence electrons. The molecule has 0 aliphatic carbocycles. The van der Waals surface area contributed by atoms with Crippen LogP contribution in [-0.4, -0.2) is 18.4 Å². The molecule has 2 aromatic rings. The fourth-order valence-corrected chi connectivity index (χ4v) is 2.34. The molecule has 0 radical (unpaired) electrons. The molecule has 0 atom stereocenters. The van der Waals surface area contributed by atoms with Crippen LogP contribution in [0.5, 0.6) is 0 Å². The number of ketones is 1. The number of benzene rings is 2. The average Bonchev–Trinajstić information content (AvgIpc) is 2.49. The zero-order valence-electron chi connectivity index (χ0n) is 12.2. The number of hydrogen-bond donors (Lipinski definition) is 0. The summed E-state index contributed by atoms with van der Waals surface area (Å²) in [7, 11) is 0. The second kappa shape index (κ2) is 6.95. The first-order valence-electron chi connectivity index (χ1n) is 6.61. The van der Waals surface area contributed by atoms with Gasteiger partial charge in [0, 0.05) is 10.6 Å². The minimum Gasteiger partial charge on any atom is -0.454 e. The highest BCUT2D eigenvalue weighted by Gasteiger charge is 2.16. The van der Waals surface area contributed by atoms with Crippen molar-refractivity contribution in [2.24, 2.45) is 0 Å². The van der Waals surface area contributed by atoms with Gasteiger partial charge in [0.15, 0.2) is 6.61 Å². The Hall–Kier alpha value is -1.84. The van der Waals surface area contributed by atoms with Crippen LogP contribution >= 0.6 is 23.2 Å². The molecule has 0 amide bonds. The van der Waals surface area contributed by atoms with Crippen molar-refractivity contribution in [3.05, 3.63) is 68.7 Å². The summed E-state index contributed by atoms with van der Waals surface area (Å²) in [5.74, 6) is -0.932. The van der Waals surface area contributed by atoms with Crippen LogP contribution in [0.15, 0.2) is 36.4 Å². The van der Waals surface area contributed by atoms with Gasteiger partial charge in [-0.3, -0.25) is 4.79 Å². The third-order valence-electron chi connectivity index (χ3n) is 3.18. The van der Waals surface area contributed by atoms with Crippen molar-refractivity contribution >= 4 is 35.0 Å². The van der Waals surface area contributed by atoms with Crippen molar-refractivity contribution in [1.82, 2.24) is 0 Å². The first-order chi connectivity index (χ1) is 10.4. The molecule has 0 unspecified atom stereocenters. The van der Waals surface area contributed by atoms with Crippen LogP contribution in [-0.2, 0) is 4.74 Å². The van der Waals surface area contributed by atoms with Gasteiger partial charge < -0.3 is 4.74 Å². The second-order valence-corrected chi connectivity index (χ2v) is 5.79. The van der Waals surface area contributed by atoms with Gasteiger partial charge in [0.1, 0.15) is 0 Å². The lowest BCUT2D eigenvalue weighted by Crippen LogP contribution is -2.15. The molecule has 0 fully saturated rings. The van der Waals surface area contributed by atoms with Crippen molar-refractivity contribution in [3.8, 4) is 0 Å². The summed E-state index contributed by atoms with van der Waals surface area (Å²) in [6, 6.07) is 10.0. The molecule has 0 saturated heterocycles. The topological polar surface area (TPSA) is 43.4 Å². The third kappa shape index (κ3) is 3.87. The van der Waals surface area contributed by atoms with E-state index in [0.717, 1.165) is 11.1 Å². The van der Waals surface area contributed by atoms with Crippen molar-refractivity contribution in [1.29, 1.82) is 0 Å². The molecule has 0 heterocycles. The quantitative estimate of drug-likeness (QED) is 0.602. The Morgan fingerprint density at radius 1 is 1.00 bits per heavy atom. The fourth-order valence-electron chi connectivity index (χ4n) is 1.98. The van der Waals surface area contributed by atoms with Crippen molar-refractivity contribution in [2.45, 2.75) is 13.8 Å². The van der Waals surface area contributed by atoms with Crippen LogP contribution in [0.4, 0.5) is 0 Å². The molecular weight excluding hydrogens is 323 g/mol. The highest BCUT2D eigenvalue weighted by molar-refractivity contribution is 6.35. The molecule has 0 bridgehead atoms. The van der Waals surface area contributed by atoms with Gasteiger partial charge in [-0.25, -0.2) is 4.79 Å². The lowest BCUT2D eigenvalue weighted by Gasteiger charge is -2.08. The summed E-state index contributed by atoms with van der Waals surface area (Å²) >= 11 is 11.7. The average molecular weight is 337 g/mol. The van der Waals surface area contributed by atoms with Gasteiger partial charge >= 0.3 is 5.97 Å². The molecule has 22 heavy (non-hydrogen) atoms. The minimum atomic E-state index is -0.675. The number of aryl methyl sites for hydroxylation is 2. The zero-order chi connectivity index (χ0) is 16.3. The number of esters is 1. The summed E-state index contributed by atoms with van der Waals surface area (Å²) in [5, 5.41) is 0.603.